The summed E-state index contributed by atoms with van der Waals surface area (Å²) in [5, 5.41) is 15.7. The van der Waals surface area contributed by atoms with E-state index >= 15 is 0 Å². The van der Waals surface area contributed by atoms with Gasteiger partial charge in [-0.05, 0) is 28.5 Å². The third kappa shape index (κ3) is 4.83. The summed E-state index contributed by atoms with van der Waals surface area (Å²) in [6.07, 6.45) is 3.66. The molecule has 0 spiro atoms. The lowest BCUT2D eigenvalue weighted by Crippen LogP contribution is -2.25. The van der Waals surface area contributed by atoms with Gasteiger partial charge in [0.2, 0.25) is 11.8 Å². The molecule has 0 saturated carbocycles. The van der Waals surface area contributed by atoms with Crippen LogP contribution in [0.15, 0.2) is 53.3 Å². The summed E-state index contributed by atoms with van der Waals surface area (Å²) in [7, 11) is 1.80. The lowest BCUT2D eigenvalue weighted by molar-refractivity contribution is -0.120. The molecule has 32 heavy (non-hydrogen) atoms. The molecule has 9 heteroatoms. The SMILES string of the molecule is CC(C)C(=O)Nc1cc2ccccc2cc1-c1nc(CNC(=O)Cc2cnn(C)c2)no1. The third-order valence-corrected chi connectivity index (χ3v) is 4.93. The maximum absolute atomic E-state index is 12.3. The first-order chi connectivity index (χ1) is 15.4. The number of aryl methyl sites for hydroxylation is 1. The van der Waals surface area contributed by atoms with Crippen LogP contribution in [0.25, 0.3) is 22.2 Å². The molecule has 0 bridgehead atoms. The monoisotopic (exact) mass is 432 g/mol. The maximum atomic E-state index is 12.3. The number of hydrogen-bond acceptors (Lipinski definition) is 6. The Kier molecular flexibility index (Phi) is 5.98. The van der Waals surface area contributed by atoms with E-state index in [1.807, 2.05) is 50.2 Å². The molecular formula is C23H24N6O3. The Morgan fingerprint density at radius 3 is 2.59 bits per heavy atom. The van der Waals surface area contributed by atoms with E-state index in [1.54, 1.807) is 24.1 Å². The molecule has 2 N–H and O–H groups in total. The van der Waals surface area contributed by atoms with E-state index in [1.165, 1.54) is 0 Å². The van der Waals surface area contributed by atoms with Crippen molar-refractivity contribution in [1.82, 2.24) is 25.2 Å². The summed E-state index contributed by atoms with van der Waals surface area (Å²) in [6, 6.07) is 11.6. The Bertz CT molecular complexity index is 1270. The number of nitrogens with zero attached hydrogens (tertiary/aromatic N) is 4. The van der Waals surface area contributed by atoms with Gasteiger partial charge < -0.3 is 15.2 Å². The number of carbonyl (C=O) groups excluding carboxylic acids is 2. The molecule has 0 aliphatic heterocycles. The standard InChI is InChI=1S/C23H24N6O3/c1-14(2)22(31)26-19-10-17-7-5-4-6-16(17)9-18(19)23-27-20(28-32-23)12-24-21(30)8-15-11-25-29(3)13-15/h4-7,9-11,13-14H,8,12H2,1-3H3,(H,24,30)(H,26,31). The summed E-state index contributed by atoms with van der Waals surface area (Å²) in [5.41, 5.74) is 2.04. The minimum atomic E-state index is -0.178. The van der Waals surface area contributed by atoms with Crippen molar-refractivity contribution in [1.29, 1.82) is 0 Å². The number of hydrogen-bond donors (Lipinski definition) is 2. The van der Waals surface area contributed by atoms with E-state index in [9.17, 15) is 9.59 Å². The van der Waals surface area contributed by atoms with Crippen molar-refractivity contribution >= 4 is 28.3 Å². The van der Waals surface area contributed by atoms with Gasteiger partial charge in [0.15, 0.2) is 5.82 Å². The van der Waals surface area contributed by atoms with E-state index in [0.29, 0.717) is 17.1 Å². The number of benzene rings is 2. The molecule has 0 fully saturated rings. The van der Waals surface area contributed by atoms with Gasteiger partial charge in [-0.1, -0.05) is 43.3 Å². The van der Waals surface area contributed by atoms with Crippen LogP contribution in [0.1, 0.15) is 25.2 Å². The molecule has 0 aliphatic carbocycles. The average Bonchev–Trinajstić information content (AvgIpc) is 3.40. The average molecular weight is 432 g/mol. The van der Waals surface area contributed by atoms with Gasteiger partial charge in [0.1, 0.15) is 0 Å². The van der Waals surface area contributed by atoms with Crippen LogP contribution < -0.4 is 10.6 Å². The third-order valence-electron chi connectivity index (χ3n) is 4.93. The Morgan fingerprint density at radius 2 is 1.91 bits per heavy atom. The largest absolute Gasteiger partial charge is 0.348 e. The van der Waals surface area contributed by atoms with Crippen LogP contribution in [-0.4, -0.2) is 31.7 Å². The Hall–Kier alpha value is -4.01. The Balaban J connectivity index is 1.53. The van der Waals surface area contributed by atoms with Crippen LogP contribution >= 0.6 is 0 Å². The fraction of sp³-hybridized carbons (Fsp3) is 0.261. The summed E-state index contributed by atoms with van der Waals surface area (Å²) < 4.78 is 7.11. The zero-order valence-electron chi connectivity index (χ0n) is 18.1. The highest BCUT2D eigenvalue weighted by Gasteiger charge is 2.18. The topological polar surface area (TPSA) is 115 Å². The molecule has 2 aromatic carbocycles. The Morgan fingerprint density at radius 1 is 1.16 bits per heavy atom. The normalized spacial score (nSPS) is 11.1. The number of amides is 2. The van der Waals surface area contributed by atoms with E-state index in [4.69, 9.17) is 4.52 Å². The second-order valence-corrected chi connectivity index (χ2v) is 7.88. The van der Waals surface area contributed by atoms with E-state index in [0.717, 1.165) is 16.3 Å². The molecule has 0 aliphatic rings. The minimum absolute atomic E-state index is 0.107. The van der Waals surface area contributed by atoms with Crippen LogP contribution in [0.5, 0.6) is 0 Å². The van der Waals surface area contributed by atoms with Crippen molar-refractivity contribution in [3.8, 4) is 11.5 Å². The van der Waals surface area contributed by atoms with Crippen molar-refractivity contribution in [2.75, 3.05) is 5.32 Å². The van der Waals surface area contributed by atoms with E-state index in [-0.39, 0.29) is 36.6 Å². The zero-order chi connectivity index (χ0) is 22.7. The molecular weight excluding hydrogens is 408 g/mol. The number of nitrogens with one attached hydrogen (secondary N) is 2. The van der Waals surface area contributed by atoms with E-state index in [2.05, 4.69) is 25.9 Å². The van der Waals surface area contributed by atoms with Gasteiger partial charge in [-0.15, -0.1) is 0 Å². The first-order valence-corrected chi connectivity index (χ1v) is 10.3. The van der Waals surface area contributed by atoms with Crippen LogP contribution in [0.2, 0.25) is 0 Å². The van der Waals surface area contributed by atoms with E-state index < -0.39 is 0 Å². The first kappa shape index (κ1) is 21.2. The highest BCUT2D eigenvalue weighted by Crippen LogP contribution is 2.32. The predicted octanol–water partition coefficient (Wildman–Crippen LogP) is 3.08. The molecule has 4 rings (SSSR count). The summed E-state index contributed by atoms with van der Waals surface area (Å²) in [6.45, 7) is 3.79. The molecule has 0 saturated heterocycles. The second-order valence-electron chi connectivity index (χ2n) is 7.88. The lowest BCUT2D eigenvalue weighted by atomic mass is 10.0. The smallest absolute Gasteiger partial charge is 0.260 e. The minimum Gasteiger partial charge on any atom is -0.348 e. The van der Waals surface area contributed by atoms with Crippen molar-refractivity contribution < 1.29 is 14.1 Å². The van der Waals surface area contributed by atoms with Crippen LogP contribution in [0, 0.1) is 5.92 Å². The maximum Gasteiger partial charge on any atom is 0.260 e. The fourth-order valence-electron chi connectivity index (χ4n) is 3.22. The molecule has 164 valence electrons. The number of carbonyl (C=O) groups is 2. The molecule has 0 unspecified atom stereocenters. The number of aromatic nitrogens is 4. The Labute approximate surface area is 184 Å². The molecule has 2 amide bonds. The highest BCUT2D eigenvalue weighted by atomic mass is 16.5. The molecule has 0 radical (unpaired) electrons. The quantitative estimate of drug-likeness (QED) is 0.464. The van der Waals surface area contributed by atoms with Gasteiger partial charge in [0.25, 0.3) is 5.89 Å². The van der Waals surface area contributed by atoms with Gasteiger partial charge >= 0.3 is 0 Å². The second kappa shape index (κ2) is 9.01. The zero-order valence-corrected chi connectivity index (χ0v) is 18.1. The fourth-order valence-corrected chi connectivity index (χ4v) is 3.22. The number of anilines is 1. The predicted molar refractivity (Wildman–Crippen MR) is 119 cm³/mol. The van der Waals surface area contributed by atoms with Gasteiger partial charge in [0, 0.05) is 19.2 Å². The molecule has 4 aromatic rings. The van der Waals surface area contributed by atoms with Crippen molar-refractivity contribution in [3.63, 3.8) is 0 Å². The van der Waals surface area contributed by atoms with Gasteiger partial charge in [-0.3, -0.25) is 14.3 Å². The van der Waals surface area contributed by atoms with Crippen LogP contribution in [0.4, 0.5) is 5.69 Å². The van der Waals surface area contributed by atoms with Gasteiger partial charge in [0.05, 0.1) is 30.4 Å². The van der Waals surface area contributed by atoms with Crippen LogP contribution in [-0.2, 0) is 29.6 Å². The van der Waals surface area contributed by atoms with Crippen LogP contribution in [0.3, 0.4) is 0 Å². The number of fused-ring (bicyclic) bond motifs is 1. The lowest BCUT2D eigenvalue weighted by Gasteiger charge is -2.12. The molecule has 2 heterocycles. The molecule has 9 nitrogen and oxygen atoms in total. The summed E-state index contributed by atoms with van der Waals surface area (Å²) >= 11 is 0. The summed E-state index contributed by atoms with van der Waals surface area (Å²) in [4.78, 5) is 28.9. The van der Waals surface area contributed by atoms with Gasteiger partial charge in [-0.2, -0.15) is 10.1 Å². The van der Waals surface area contributed by atoms with Gasteiger partial charge in [-0.25, -0.2) is 0 Å². The summed E-state index contributed by atoms with van der Waals surface area (Å²) in [5.74, 6) is 0.159. The van der Waals surface area contributed by atoms with Crippen molar-refractivity contribution in [2.24, 2.45) is 13.0 Å². The van der Waals surface area contributed by atoms with Crippen molar-refractivity contribution in [3.05, 3.63) is 60.2 Å². The number of rotatable bonds is 7. The molecule has 0 atom stereocenters. The highest BCUT2D eigenvalue weighted by molar-refractivity contribution is 6.00. The molecule has 2 aromatic heterocycles. The van der Waals surface area contributed by atoms with Crippen molar-refractivity contribution in [2.45, 2.75) is 26.8 Å². The first-order valence-electron chi connectivity index (χ1n) is 10.3.